The van der Waals surface area contributed by atoms with E-state index in [1.165, 1.54) is 11.9 Å². The van der Waals surface area contributed by atoms with Gasteiger partial charge in [0.15, 0.2) is 0 Å². The van der Waals surface area contributed by atoms with Gasteiger partial charge in [-0.25, -0.2) is 0 Å². The maximum absolute atomic E-state index is 6.39. The van der Waals surface area contributed by atoms with Crippen LogP contribution in [0.15, 0.2) is 4.30 Å². The molecule has 0 aromatic heterocycles. The summed E-state index contributed by atoms with van der Waals surface area (Å²) < 4.78 is 9.94. The molecule has 0 N–H and O–H groups in total. The molecule has 0 aromatic carbocycles. The van der Waals surface area contributed by atoms with Crippen LogP contribution in [0.1, 0.15) is 6.92 Å². The monoisotopic (exact) mass is 88.0 g/mol. The van der Waals surface area contributed by atoms with Crippen LogP contribution in [0, 0.1) is 0 Å². The van der Waals surface area contributed by atoms with Crippen molar-refractivity contribution in [1.82, 2.24) is 0 Å². The third-order valence-corrected chi connectivity index (χ3v) is 0.611. The second kappa shape index (κ2) is 4.21. The van der Waals surface area contributed by atoms with Crippen LogP contribution in [0.3, 0.4) is 0 Å². The quantitative estimate of drug-likeness (QED) is 0.358. The molecule has 0 aliphatic rings. The minimum atomic E-state index is 0.954. The maximum atomic E-state index is 6.39. The molecular formula is C2H6BNS. The first-order valence-corrected chi connectivity index (χ1v) is 2.38. The van der Waals surface area contributed by atoms with E-state index in [9.17, 15) is 0 Å². The fourth-order valence-corrected chi connectivity index (χ4v) is 0.224. The van der Waals surface area contributed by atoms with Gasteiger partial charge in [-0.1, -0.05) is 0 Å². The predicted molar refractivity (Wildman–Crippen MR) is 27.7 cm³/mol. The summed E-state index contributed by atoms with van der Waals surface area (Å²) in [5, 5.41) is 0. The van der Waals surface area contributed by atoms with E-state index in [2.05, 4.69) is 4.30 Å². The van der Waals surface area contributed by atoms with Gasteiger partial charge in [0.2, 0.25) is 0 Å². The van der Waals surface area contributed by atoms with E-state index in [-0.39, 0.29) is 0 Å². The molecule has 5 heavy (non-hydrogen) atoms. The molecule has 0 aromatic rings. The molecule has 0 fully saturated rings. The van der Waals surface area contributed by atoms with E-state index >= 15 is 0 Å². The van der Waals surface area contributed by atoms with Gasteiger partial charge in [0.1, 0.15) is 0 Å². The average Bonchev–Trinajstić information content (AvgIpc) is 1.61. The molecule has 1 nitrogen and oxygen atoms in total. The zero-order chi connectivity index (χ0) is 4.83. The molecule has 0 spiro atoms. The zero-order valence-corrected chi connectivity index (χ0v) is 3.96. The second-order valence-corrected chi connectivity index (χ2v) is 1.57. The van der Waals surface area contributed by atoms with Gasteiger partial charge in [-0.15, -0.1) is 0 Å². The van der Waals surface area contributed by atoms with Crippen LogP contribution < -0.4 is 0 Å². The van der Waals surface area contributed by atoms with Crippen molar-refractivity contribution in [1.29, 1.82) is 1.34 Å². The summed E-state index contributed by atoms with van der Waals surface area (Å²) >= 11 is 1.39. The number of rotatable bonds is 2. The number of hydrogen-bond acceptors (Lipinski definition) is 2. The van der Waals surface area contributed by atoms with E-state index in [0.717, 1.165) is 13.4 Å². The van der Waals surface area contributed by atoms with Crippen LogP contribution in [-0.2, 0) is 0 Å². The normalized spacial score (nSPS) is 11.0. The van der Waals surface area contributed by atoms with Crippen LogP contribution in [0.2, 0.25) is 0 Å². The Morgan fingerprint density at radius 3 is 3.40 bits per heavy atom. The molecule has 0 saturated carbocycles. The summed E-state index contributed by atoms with van der Waals surface area (Å²) in [5.74, 6) is 0.954. The molecule has 0 rings (SSSR count). The fraction of sp³-hybridized carbons (Fsp3) is 1.00. The number of hydrogen-bond donors (Lipinski definition) is 0. The average molecular weight is 88.0 g/mol. The summed E-state index contributed by atoms with van der Waals surface area (Å²) in [5.41, 5.74) is 0. The first-order chi connectivity index (χ1) is 2.91. The molecule has 28 valence electrons. The van der Waals surface area contributed by atoms with E-state index in [4.69, 9.17) is 1.34 Å². The molecule has 0 amide bonds. The van der Waals surface area contributed by atoms with Crippen molar-refractivity contribution in [2.45, 2.75) is 6.92 Å². The van der Waals surface area contributed by atoms with Gasteiger partial charge in [-0.05, 0) is 0 Å². The van der Waals surface area contributed by atoms with Crippen LogP contribution in [0.25, 0.3) is 0 Å². The Morgan fingerprint density at radius 2 is 3.20 bits per heavy atom. The van der Waals surface area contributed by atoms with Gasteiger partial charge >= 0.3 is 37.9 Å². The van der Waals surface area contributed by atoms with E-state index in [1.807, 2.05) is 6.92 Å². The van der Waals surface area contributed by atoms with Crippen molar-refractivity contribution < 1.29 is 0 Å². The molecule has 3 heteroatoms. The standard InChI is InChI=1S/C2H6BNS/c1-2-5-4-3/h3H,2H2,1H3/i3D. The van der Waals surface area contributed by atoms with E-state index in [0.29, 0.717) is 0 Å². The van der Waals surface area contributed by atoms with Crippen molar-refractivity contribution >= 4 is 19.5 Å². The molecular weight excluding hydrogens is 80.9 g/mol. The Hall–Kier alpha value is 0.215. The Kier molecular flexibility index (Phi) is 2.87. The Morgan fingerprint density at radius 1 is 2.40 bits per heavy atom. The summed E-state index contributed by atoms with van der Waals surface area (Å²) in [6.07, 6.45) is 0. The van der Waals surface area contributed by atoms with Gasteiger partial charge in [-0.3, -0.25) is 0 Å². The Balaban J connectivity index is 2.66. The molecule has 0 aliphatic carbocycles. The molecule has 0 radical (unpaired) electrons. The predicted octanol–water partition coefficient (Wildman–Crippen LogP) is 0.739. The number of nitrogens with zero attached hydrogens (tertiary/aromatic N) is 1. The van der Waals surface area contributed by atoms with Gasteiger partial charge in [0.25, 0.3) is 0 Å². The van der Waals surface area contributed by atoms with Gasteiger partial charge in [0, 0.05) is 0 Å². The van der Waals surface area contributed by atoms with Gasteiger partial charge in [0.05, 0.1) is 0 Å². The first kappa shape index (κ1) is 3.41. The SMILES string of the molecule is [2H]B=NSCC. The van der Waals surface area contributed by atoms with Crippen molar-refractivity contribution in [3.05, 3.63) is 0 Å². The molecule has 0 aliphatic heterocycles. The van der Waals surface area contributed by atoms with Crippen LogP contribution in [0.5, 0.6) is 0 Å². The van der Waals surface area contributed by atoms with E-state index < -0.39 is 0 Å². The second-order valence-electron chi connectivity index (χ2n) is 0.523. The topological polar surface area (TPSA) is 12.4 Å². The Bertz CT molecular complexity index is 48.8. The van der Waals surface area contributed by atoms with Crippen LogP contribution in [-0.4, -0.2) is 14.7 Å². The van der Waals surface area contributed by atoms with Crippen LogP contribution in [0.4, 0.5) is 0 Å². The van der Waals surface area contributed by atoms with Gasteiger partial charge < -0.3 is 0 Å². The fourth-order valence-electron chi connectivity index (χ4n) is 0.0745. The van der Waals surface area contributed by atoms with Crippen molar-refractivity contribution in [2.75, 3.05) is 5.75 Å². The molecule has 0 atom stereocenters. The third-order valence-electron chi connectivity index (χ3n) is 0.204. The first-order valence-electron chi connectivity index (χ1n) is 2.01. The van der Waals surface area contributed by atoms with Crippen molar-refractivity contribution in [3.8, 4) is 0 Å². The Labute approximate surface area is 38.8 Å². The molecule has 0 saturated heterocycles. The molecule has 0 heterocycles. The zero-order valence-electron chi connectivity index (χ0n) is 4.14. The summed E-state index contributed by atoms with van der Waals surface area (Å²) in [7, 11) is 1.05. The molecule has 0 bridgehead atoms. The van der Waals surface area contributed by atoms with Crippen LogP contribution >= 0.6 is 11.9 Å². The summed E-state index contributed by atoms with van der Waals surface area (Å²) in [6.45, 7) is 2.00. The van der Waals surface area contributed by atoms with Crippen molar-refractivity contribution in [3.63, 3.8) is 0 Å². The summed E-state index contributed by atoms with van der Waals surface area (Å²) in [6, 6.07) is 0. The third kappa shape index (κ3) is 4.21. The molecule has 0 unspecified atom stereocenters. The minimum absolute atomic E-state index is 0.954. The summed E-state index contributed by atoms with van der Waals surface area (Å²) in [4.78, 5) is 0. The van der Waals surface area contributed by atoms with Crippen molar-refractivity contribution in [2.24, 2.45) is 4.30 Å². The van der Waals surface area contributed by atoms with E-state index in [1.54, 1.807) is 0 Å². The van der Waals surface area contributed by atoms with Gasteiger partial charge in [-0.2, -0.15) is 0 Å².